The Kier molecular flexibility index (Phi) is 6.07. The van der Waals surface area contributed by atoms with Crippen molar-refractivity contribution in [1.82, 2.24) is 9.29 Å². The highest BCUT2D eigenvalue weighted by Gasteiger charge is 2.28. The fourth-order valence-electron chi connectivity index (χ4n) is 3.04. The maximum atomic E-state index is 14.4. The number of sulfonamides is 1. The number of thioether (sulfide) groups is 1. The van der Waals surface area contributed by atoms with E-state index < -0.39 is 21.7 Å². The van der Waals surface area contributed by atoms with Crippen LogP contribution in [-0.4, -0.2) is 56.2 Å². The van der Waals surface area contributed by atoms with Crippen LogP contribution in [0.5, 0.6) is 0 Å². The molecule has 0 unspecified atom stereocenters. The van der Waals surface area contributed by atoms with Gasteiger partial charge >= 0.3 is 0 Å². The van der Waals surface area contributed by atoms with Gasteiger partial charge in [-0.05, 0) is 42.7 Å². The van der Waals surface area contributed by atoms with Crippen LogP contribution in [-0.2, 0) is 14.8 Å². The van der Waals surface area contributed by atoms with E-state index in [9.17, 15) is 17.6 Å². The summed E-state index contributed by atoms with van der Waals surface area (Å²) in [7, 11) is -3.84. The summed E-state index contributed by atoms with van der Waals surface area (Å²) >= 11 is 3.02. The first-order valence-corrected chi connectivity index (χ1v) is 12.5. The van der Waals surface area contributed by atoms with Crippen LogP contribution in [0.1, 0.15) is 10.4 Å². The quantitative estimate of drug-likeness (QED) is 0.579. The van der Waals surface area contributed by atoms with Crippen molar-refractivity contribution in [3.8, 4) is 0 Å². The third kappa shape index (κ3) is 4.21. The van der Waals surface area contributed by atoms with Gasteiger partial charge in [-0.2, -0.15) is 4.31 Å². The summed E-state index contributed by atoms with van der Waals surface area (Å²) in [4.78, 5) is 17.0. The molecule has 30 heavy (non-hydrogen) atoms. The Balaban J connectivity index is 1.60. The Morgan fingerprint density at radius 1 is 1.23 bits per heavy atom. The third-order valence-corrected chi connectivity index (χ3v) is 8.49. The van der Waals surface area contributed by atoms with Crippen molar-refractivity contribution in [2.45, 2.75) is 9.24 Å². The number of carbonyl (C=O) groups excluding carboxylic acids is 1. The standard InChI is InChI=1S/C19H18FN3O4S3/c1-28-19-22-16-5-2-12(10-17(16)29-19)21-18(24)14-11-13(3-4-15(14)20)30(25,26)23-6-8-27-9-7-23/h2-5,10-11H,6-9H2,1H3,(H,21,24). The van der Waals surface area contributed by atoms with Crippen LogP contribution in [0.15, 0.2) is 45.6 Å². The molecule has 11 heteroatoms. The molecule has 1 fully saturated rings. The summed E-state index contributed by atoms with van der Waals surface area (Å²) in [6.07, 6.45) is 1.93. The van der Waals surface area contributed by atoms with E-state index in [0.717, 1.165) is 26.7 Å². The summed E-state index contributed by atoms with van der Waals surface area (Å²) in [5.41, 5.74) is 0.954. The van der Waals surface area contributed by atoms with Gasteiger partial charge in [0.1, 0.15) is 5.82 Å². The van der Waals surface area contributed by atoms with Gasteiger partial charge in [-0.15, -0.1) is 11.3 Å². The molecule has 0 atom stereocenters. The second-order valence-corrected chi connectivity index (χ2v) is 10.5. The van der Waals surface area contributed by atoms with Gasteiger partial charge in [0.05, 0.1) is 33.9 Å². The van der Waals surface area contributed by atoms with Crippen molar-refractivity contribution in [1.29, 1.82) is 0 Å². The summed E-state index contributed by atoms with van der Waals surface area (Å²) in [5, 5.41) is 2.64. The molecular weight excluding hydrogens is 449 g/mol. The number of aromatic nitrogens is 1. The molecule has 1 saturated heterocycles. The monoisotopic (exact) mass is 467 g/mol. The van der Waals surface area contributed by atoms with Crippen LogP contribution >= 0.6 is 23.1 Å². The van der Waals surface area contributed by atoms with E-state index in [1.54, 1.807) is 18.2 Å². The minimum absolute atomic E-state index is 0.126. The zero-order valence-electron chi connectivity index (χ0n) is 15.9. The Morgan fingerprint density at radius 2 is 2.00 bits per heavy atom. The Morgan fingerprint density at radius 3 is 2.73 bits per heavy atom. The lowest BCUT2D eigenvalue weighted by molar-refractivity contribution is 0.0730. The van der Waals surface area contributed by atoms with Crippen LogP contribution in [0.2, 0.25) is 0 Å². The van der Waals surface area contributed by atoms with E-state index in [1.807, 2.05) is 6.26 Å². The molecule has 4 rings (SSSR count). The molecule has 0 aliphatic carbocycles. The molecule has 1 amide bonds. The van der Waals surface area contributed by atoms with E-state index in [4.69, 9.17) is 4.74 Å². The summed E-state index contributed by atoms with van der Waals surface area (Å²) in [6, 6.07) is 8.46. The number of ether oxygens (including phenoxy) is 1. The summed E-state index contributed by atoms with van der Waals surface area (Å²) in [5.74, 6) is -1.52. The van der Waals surface area contributed by atoms with Gasteiger partial charge in [0.15, 0.2) is 4.34 Å². The largest absolute Gasteiger partial charge is 0.379 e. The summed E-state index contributed by atoms with van der Waals surface area (Å²) in [6.45, 7) is 1.03. The zero-order valence-corrected chi connectivity index (χ0v) is 18.4. The molecule has 1 aliphatic heterocycles. The van der Waals surface area contributed by atoms with Crippen molar-refractivity contribution in [2.75, 3.05) is 37.9 Å². The maximum Gasteiger partial charge on any atom is 0.258 e. The first-order valence-electron chi connectivity index (χ1n) is 9.02. The van der Waals surface area contributed by atoms with Gasteiger partial charge in [0, 0.05) is 18.8 Å². The second-order valence-electron chi connectivity index (χ2n) is 6.48. The molecule has 7 nitrogen and oxygen atoms in total. The van der Waals surface area contributed by atoms with Crippen molar-refractivity contribution in [2.24, 2.45) is 0 Å². The molecule has 0 bridgehead atoms. The van der Waals surface area contributed by atoms with Crippen molar-refractivity contribution in [3.63, 3.8) is 0 Å². The number of rotatable bonds is 5. The normalized spacial score (nSPS) is 15.4. The van der Waals surface area contributed by atoms with Crippen LogP contribution in [0.4, 0.5) is 10.1 Å². The van der Waals surface area contributed by atoms with Gasteiger partial charge in [0.2, 0.25) is 10.0 Å². The van der Waals surface area contributed by atoms with Crippen molar-refractivity contribution in [3.05, 3.63) is 47.8 Å². The van der Waals surface area contributed by atoms with Gasteiger partial charge in [-0.3, -0.25) is 4.79 Å². The molecule has 0 saturated carbocycles. The van der Waals surface area contributed by atoms with Crippen LogP contribution in [0, 0.1) is 5.82 Å². The topological polar surface area (TPSA) is 88.6 Å². The highest BCUT2D eigenvalue weighted by Crippen LogP contribution is 2.30. The lowest BCUT2D eigenvalue weighted by Crippen LogP contribution is -2.40. The fourth-order valence-corrected chi connectivity index (χ4v) is 6.01. The molecular formula is C19H18FN3O4S3. The van der Waals surface area contributed by atoms with Crippen molar-refractivity contribution >= 4 is 54.9 Å². The van der Waals surface area contributed by atoms with E-state index in [2.05, 4.69) is 10.3 Å². The SMILES string of the molecule is CSc1nc2ccc(NC(=O)c3cc(S(=O)(=O)N4CCOCC4)ccc3F)cc2s1. The Labute approximate surface area is 181 Å². The van der Waals surface area contributed by atoms with Gasteiger partial charge in [-0.25, -0.2) is 17.8 Å². The number of thiazole rings is 1. The molecule has 1 N–H and O–H groups in total. The van der Waals surface area contributed by atoms with E-state index in [0.29, 0.717) is 18.9 Å². The molecule has 0 radical (unpaired) electrons. The van der Waals surface area contributed by atoms with Gasteiger partial charge in [0.25, 0.3) is 5.91 Å². The first kappa shape index (κ1) is 21.2. The number of nitrogens with zero attached hydrogens (tertiary/aromatic N) is 2. The molecule has 1 aliphatic rings. The van der Waals surface area contributed by atoms with E-state index >= 15 is 0 Å². The van der Waals surface area contributed by atoms with E-state index in [-0.39, 0.29) is 23.5 Å². The minimum atomic E-state index is -3.84. The third-order valence-electron chi connectivity index (χ3n) is 4.59. The van der Waals surface area contributed by atoms with Crippen LogP contribution < -0.4 is 5.32 Å². The molecule has 2 heterocycles. The number of anilines is 1. The molecule has 0 spiro atoms. The lowest BCUT2D eigenvalue weighted by atomic mass is 10.2. The number of hydrogen-bond acceptors (Lipinski definition) is 7. The lowest BCUT2D eigenvalue weighted by Gasteiger charge is -2.26. The number of amides is 1. The van der Waals surface area contributed by atoms with E-state index in [1.165, 1.54) is 33.5 Å². The Hall–Kier alpha value is -2.05. The van der Waals surface area contributed by atoms with Gasteiger partial charge in [-0.1, -0.05) is 11.8 Å². The molecule has 1 aromatic heterocycles. The number of fused-ring (bicyclic) bond motifs is 1. The van der Waals surface area contributed by atoms with Crippen LogP contribution in [0.25, 0.3) is 10.2 Å². The number of hydrogen-bond donors (Lipinski definition) is 1. The van der Waals surface area contributed by atoms with Gasteiger partial charge < -0.3 is 10.1 Å². The molecule has 3 aromatic rings. The Bertz CT molecular complexity index is 1210. The smallest absolute Gasteiger partial charge is 0.258 e. The predicted octanol–water partition coefficient (Wildman–Crippen LogP) is 3.43. The van der Waals surface area contributed by atoms with Crippen LogP contribution in [0.3, 0.4) is 0 Å². The molecule has 158 valence electrons. The molecule has 2 aromatic carbocycles. The fraction of sp³-hybridized carbons (Fsp3) is 0.263. The zero-order chi connectivity index (χ0) is 21.3. The second kappa shape index (κ2) is 8.60. The van der Waals surface area contributed by atoms with Crippen molar-refractivity contribution < 1.29 is 22.3 Å². The first-order chi connectivity index (χ1) is 14.4. The average Bonchev–Trinajstić information content (AvgIpc) is 3.17. The highest BCUT2D eigenvalue weighted by molar-refractivity contribution is 8.00. The highest BCUT2D eigenvalue weighted by atomic mass is 32.2. The number of nitrogens with one attached hydrogen (secondary N) is 1. The predicted molar refractivity (Wildman–Crippen MR) is 115 cm³/mol. The number of halogens is 1. The maximum absolute atomic E-state index is 14.4. The average molecular weight is 468 g/mol. The summed E-state index contributed by atoms with van der Waals surface area (Å²) < 4.78 is 48.2. The number of benzene rings is 2. The number of morpholine rings is 1. The number of carbonyl (C=O) groups is 1. The minimum Gasteiger partial charge on any atom is -0.379 e.